The molecule has 1 fully saturated rings. The highest BCUT2D eigenvalue weighted by molar-refractivity contribution is 7.16. The minimum atomic E-state index is 0.554. The molecule has 1 unspecified atom stereocenters. The van der Waals surface area contributed by atoms with Gasteiger partial charge in [0.1, 0.15) is 17.0 Å². The number of aromatic nitrogens is 2. The second-order valence-electron chi connectivity index (χ2n) is 4.09. The van der Waals surface area contributed by atoms with E-state index in [1.54, 1.807) is 17.7 Å². The van der Waals surface area contributed by atoms with Crippen molar-refractivity contribution in [1.82, 2.24) is 15.3 Å². The maximum atomic E-state index is 4.42. The van der Waals surface area contributed by atoms with Crippen molar-refractivity contribution in [3.05, 3.63) is 17.8 Å². The first-order valence-electron chi connectivity index (χ1n) is 5.48. The van der Waals surface area contributed by atoms with Crippen LogP contribution >= 0.6 is 11.3 Å². The fraction of sp³-hybridized carbons (Fsp3) is 0.455. The molecule has 0 aromatic carbocycles. The molecule has 0 radical (unpaired) electrons. The summed E-state index contributed by atoms with van der Waals surface area (Å²) in [4.78, 5) is 12.0. The first kappa shape index (κ1) is 9.99. The maximum absolute atomic E-state index is 4.42. The zero-order valence-electron chi connectivity index (χ0n) is 9.18. The van der Waals surface area contributed by atoms with Crippen LogP contribution in [0.15, 0.2) is 17.8 Å². The molecule has 0 bridgehead atoms. The van der Waals surface area contributed by atoms with Gasteiger partial charge in [0.15, 0.2) is 0 Å². The van der Waals surface area contributed by atoms with Crippen molar-refractivity contribution in [2.75, 3.05) is 25.0 Å². The van der Waals surface area contributed by atoms with E-state index in [1.165, 1.54) is 11.8 Å². The summed E-state index contributed by atoms with van der Waals surface area (Å²) in [6, 6.07) is 2.66. The van der Waals surface area contributed by atoms with E-state index in [0.29, 0.717) is 6.04 Å². The Morgan fingerprint density at radius 3 is 3.25 bits per heavy atom. The number of nitrogens with zero attached hydrogens (tertiary/aromatic N) is 3. The molecule has 1 saturated heterocycles. The number of thiophene rings is 1. The van der Waals surface area contributed by atoms with Crippen molar-refractivity contribution >= 4 is 27.4 Å². The summed E-state index contributed by atoms with van der Waals surface area (Å²) < 4.78 is 0. The fourth-order valence-corrected chi connectivity index (χ4v) is 2.93. The summed E-state index contributed by atoms with van der Waals surface area (Å²) in [5.74, 6) is 1.06. The van der Waals surface area contributed by atoms with Crippen molar-refractivity contribution < 1.29 is 0 Å². The van der Waals surface area contributed by atoms with Crippen LogP contribution in [0.2, 0.25) is 0 Å². The summed E-state index contributed by atoms with van der Waals surface area (Å²) in [6.07, 6.45) is 2.85. The second-order valence-corrected chi connectivity index (χ2v) is 4.99. The van der Waals surface area contributed by atoms with Gasteiger partial charge in [-0.2, -0.15) is 0 Å². The maximum Gasteiger partial charge on any atom is 0.140 e. The van der Waals surface area contributed by atoms with Crippen LogP contribution in [0.25, 0.3) is 10.2 Å². The van der Waals surface area contributed by atoms with Gasteiger partial charge in [0.05, 0.1) is 5.39 Å². The Hall–Kier alpha value is -1.20. The van der Waals surface area contributed by atoms with Gasteiger partial charge in [-0.05, 0) is 24.4 Å². The molecule has 4 nitrogen and oxygen atoms in total. The van der Waals surface area contributed by atoms with E-state index < -0.39 is 0 Å². The van der Waals surface area contributed by atoms with Gasteiger partial charge in [0, 0.05) is 19.6 Å². The number of rotatable bonds is 2. The SMILES string of the molecule is CN(c1ncnc2sccc12)C1CCNC1. The lowest BCUT2D eigenvalue weighted by atomic mass is 10.2. The monoisotopic (exact) mass is 234 g/mol. The molecule has 5 heteroatoms. The number of hydrogen-bond acceptors (Lipinski definition) is 5. The van der Waals surface area contributed by atoms with Gasteiger partial charge in [-0.15, -0.1) is 11.3 Å². The van der Waals surface area contributed by atoms with E-state index in [2.05, 4.69) is 38.7 Å². The second kappa shape index (κ2) is 3.99. The van der Waals surface area contributed by atoms with Gasteiger partial charge < -0.3 is 10.2 Å². The number of anilines is 1. The smallest absolute Gasteiger partial charge is 0.140 e. The topological polar surface area (TPSA) is 41.1 Å². The molecular formula is C11H14N4S. The zero-order chi connectivity index (χ0) is 11.0. The van der Waals surface area contributed by atoms with Crippen LogP contribution in [0.5, 0.6) is 0 Å². The molecule has 3 heterocycles. The molecule has 16 heavy (non-hydrogen) atoms. The number of hydrogen-bond donors (Lipinski definition) is 1. The normalized spacial score (nSPS) is 20.4. The lowest BCUT2D eigenvalue weighted by Gasteiger charge is -2.25. The van der Waals surface area contributed by atoms with Crippen molar-refractivity contribution in [3.8, 4) is 0 Å². The van der Waals surface area contributed by atoms with Crippen molar-refractivity contribution in [2.45, 2.75) is 12.5 Å². The Bertz CT molecular complexity index is 489. The molecule has 1 aliphatic heterocycles. The quantitative estimate of drug-likeness (QED) is 0.854. The van der Waals surface area contributed by atoms with E-state index in [9.17, 15) is 0 Å². The Morgan fingerprint density at radius 2 is 2.44 bits per heavy atom. The van der Waals surface area contributed by atoms with E-state index in [-0.39, 0.29) is 0 Å². The Kier molecular flexibility index (Phi) is 2.49. The van der Waals surface area contributed by atoms with Gasteiger partial charge in [0.2, 0.25) is 0 Å². The third-order valence-corrected chi connectivity index (χ3v) is 3.98. The Labute approximate surface area is 98.3 Å². The van der Waals surface area contributed by atoms with Crippen LogP contribution in [0.4, 0.5) is 5.82 Å². The van der Waals surface area contributed by atoms with Gasteiger partial charge in [-0.1, -0.05) is 0 Å². The van der Waals surface area contributed by atoms with Gasteiger partial charge in [-0.25, -0.2) is 9.97 Å². The van der Waals surface area contributed by atoms with E-state index >= 15 is 0 Å². The lowest BCUT2D eigenvalue weighted by molar-refractivity contribution is 0.679. The molecule has 0 saturated carbocycles. The zero-order valence-corrected chi connectivity index (χ0v) is 10.00. The standard InChI is InChI=1S/C11H14N4S/c1-15(8-2-4-12-6-8)10-9-3-5-16-11(9)14-7-13-10/h3,5,7-8,12H,2,4,6H2,1H3. The van der Waals surface area contributed by atoms with Crippen LogP contribution in [-0.2, 0) is 0 Å². The van der Waals surface area contributed by atoms with Crippen LogP contribution in [0.1, 0.15) is 6.42 Å². The lowest BCUT2D eigenvalue weighted by Crippen LogP contribution is -2.34. The summed E-state index contributed by atoms with van der Waals surface area (Å²) >= 11 is 1.67. The molecule has 2 aromatic heterocycles. The van der Waals surface area contributed by atoms with Crippen LogP contribution in [0.3, 0.4) is 0 Å². The Morgan fingerprint density at radius 1 is 1.50 bits per heavy atom. The van der Waals surface area contributed by atoms with Crippen LogP contribution < -0.4 is 10.2 Å². The van der Waals surface area contributed by atoms with Gasteiger partial charge >= 0.3 is 0 Å². The highest BCUT2D eigenvalue weighted by Crippen LogP contribution is 2.27. The third-order valence-electron chi connectivity index (χ3n) is 3.16. The van der Waals surface area contributed by atoms with Crippen LogP contribution in [0, 0.1) is 0 Å². The minimum Gasteiger partial charge on any atom is -0.355 e. The molecule has 1 aliphatic rings. The third kappa shape index (κ3) is 1.56. The minimum absolute atomic E-state index is 0.554. The molecule has 0 amide bonds. The highest BCUT2D eigenvalue weighted by Gasteiger charge is 2.21. The Balaban J connectivity index is 2.00. The molecule has 0 spiro atoms. The van der Waals surface area contributed by atoms with E-state index in [1.807, 2.05) is 0 Å². The van der Waals surface area contributed by atoms with E-state index in [4.69, 9.17) is 0 Å². The average molecular weight is 234 g/mol. The summed E-state index contributed by atoms with van der Waals surface area (Å²) in [7, 11) is 2.12. The molecule has 3 rings (SSSR count). The number of nitrogens with one attached hydrogen (secondary N) is 1. The highest BCUT2D eigenvalue weighted by atomic mass is 32.1. The fourth-order valence-electron chi connectivity index (χ4n) is 2.20. The first-order valence-corrected chi connectivity index (χ1v) is 6.36. The summed E-state index contributed by atoms with van der Waals surface area (Å²) in [5.41, 5.74) is 0. The molecular weight excluding hydrogens is 220 g/mol. The van der Waals surface area contributed by atoms with Gasteiger partial charge in [-0.3, -0.25) is 0 Å². The van der Waals surface area contributed by atoms with Crippen molar-refractivity contribution in [2.24, 2.45) is 0 Å². The summed E-state index contributed by atoms with van der Waals surface area (Å²) in [5, 5.41) is 6.62. The largest absolute Gasteiger partial charge is 0.355 e. The predicted octanol–water partition coefficient (Wildman–Crippen LogP) is 1.49. The van der Waals surface area contributed by atoms with E-state index in [0.717, 1.165) is 23.7 Å². The van der Waals surface area contributed by atoms with Crippen molar-refractivity contribution in [1.29, 1.82) is 0 Å². The van der Waals surface area contributed by atoms with Crippen molar-refractivity contribution in [3.63, 3.8) is 0 Å². The molecule has 1 N–H and O–H groups in total. The average Bonchev–Trinajstić information content (AvgIpc) is 2.98. The molecule has 2 aromatic rings. The van der Waals surface area contributed by atoms with Crippen LogP contribution in [-0.4, -0.2) is 36.1 Å². The first-order chi connectivity index (χ1) is 7.86. The number of fused-ring (bicyclic) bond motifs is 1. The summed E-state index contributed by atoms with van der Waals surface area (Å²) in [6.45, 7) is 2.15. The van der Waals surface area contributed by atoms with Gasteiger partial charge in [0.25, 0.3) is 0 Å². The molecule has 1 atom stereocenters. The predicted molar refractivity (Wildman–Crippen MR) is 67.1 cm³/mol. The number of likely N-dealkylation sites (N-methyl/N-ethyl adjacent to an activating group) is 1. The molecule has 0 aliphatic carbocycles. The molecule has 84 valence electrons.